The van der Waals surface area contributed by atoms with Crippen molar-refractivity contribution in [1.29, 1.82) is 0 Å². The van der Waals surface area contributed by atoms with Crippen LogP contribution in [-0.4, -0.2) is 0 Å². The van der Waals surface area contributed by atoms with E-state index in [1.807, 2.05) is 0 Å². The molecule has 0 aromatic carbocycles. The van der Waals surface area contributed by atoms with Gasteiger partial charge in [-0.3, -0.25) is 0 Å². The summed E-state index contributed by atoms with van der Waals surface area (Å²) in [5.41, 5.74) is 0. The number of hydrogen-bond acceptors (Lipinski definition) is 0. The zero-order valence-electron chi connectivity index (χ0n) is 15.7. The van der Waals surface area contributed by atoms with Gasteiger partial charge in [-0.15, -0.1) is 0 Å². The van der Waals surface area contributed by atoms with Gasteiger partial charge in [-0.1, -0.05) is 0 Å². The van der Waals surface area contributed by atoms with E-state index in [1.165, 1.54) is 38.1 Å². The number of rotatable bonds is 7. The molecule has 0 saturated heterocycles. The van der Waals surface area contributed by atoms with Gasteiger partial charge in [0.2, 0.25) is 0 Å². The molecule has 121 valence electrons. The topological polar surface area (TPSA) is 0 Å². The van der Waals surface area contributed by atoms with Crippen LogP contribution in [0.4, 0.5) is 0 Å². The predicted octanol–water partition coefficient (Wildman–Crippen LogP) is 8.39. The Balaban J connectivity index is 4.11. The second-order valence-corrected chi connectivity index (χ2v) is 84.8. The first-order chi connectivity index (χ1) is 8.50. The fourth-order valence-electron chi connectivity index (χ4n) is 7.81. The van der Waals surface area contributed by atoms with Crippen molar-refractivity contribution in [2.24, 2.45) is 0 Å². The second-order valence-electron chi connectivity index (χ2n) is 16.4. The van der Waals surface area contributed by atoms with Gasteiger partial charge in [-0.2, -0.15) is 0 Å². The van der Waals surface area contributed by atoms with Crippen molar-refractivity contribution >= 4 is 0 Å². The molecular weight excluding hydrogens is 319 g/mol. The van der Waals surface area contributed by atoms with Gasteiger partial charge >= 0.3 is 116 Å². The summed E-state index contributed by atoms with van der Waals surface area (Å²) in [6.45, 7) is 7.17. The zero-order chi connectivity index (χ0) is 16.0. The van der Waals surface area contributed by atoms with Crippen molar-refractivity contribution in [2.75, 3.05) is 0 Å². The van der Waals surface area contributed by atoms with Crippen molar-refractivity contribution < 1.29 is 12.8 Å². The molecule has 0 heterocycles. The molecule has 1 heteroatoms. The normalized spacial score (nSPS) is 26.4. The van der Waals surface area contributed by atoms with Crippen molar-refractivity contribution in [3.63, 3.8) is 0 Å². The first kappa shape index (κ1) is 18.4. The number of hydrogen-bond donors (Lipinski definition) is 0. The van der Waals surface area contributed by atoms with Gasteiger partial charge in [0.15, 0.2) is 0 Å². The van der Waals surface area contributed by atoms with E-state index in [4.69, 9.17) is 0 Å². The third-order valence-corrected chi connectivity index (χ3v) is 50.3. The summed E-state index contributed by atoms with van der Waals surface area (Å²) >= 11 is -4.81. The van der Waals surface area contributed by atoms with Crippen LogP contribution in [0.15, 0.2) is 21.5 Å². The van der Waals surface area contributed by atoms with Crippen LogP contribution in [0.25, 0.3) is 0 Å². The van der Waals surface area contributed by atoms with Crippen LogP contribution in [0, 0.1) is 0 Å². The van der Waals surface area contributed by atoms with Crippen molar-refractivity contribution in [3.05, 3.63) is 21.5 Å². The maximum absolute atomic E-state index is 4.81. The molecule has 0 amide bonds. The third kappa shape index (κ3) is 2.18. The first-order valence-corrected chi connectivity index (χ1v) is 27.9. The molecule has 0 saturated carbocycles. The van der Waals surface area contributed by atoms with Gasteiger partial charge in [0.25, 0.3) is 0 Å². The molecule has 0 N–H and O–H groups in total. The van der Waals surface area contributed by atoms with Gasteiger partial charge in [0, 0.05) is 0 Å². The quantitative estimate of drug-likeness (QED) is 0.427. The summed E-state index contributed by atoms with van der Waals surface area (Å²) in [4.78, 5) is 0. The minimum absolute atomic E-state index is 1.17. The fourth-order valence-corrected chi connectivity index (χ4v) is 44.5. The summed E-state index contributed by atoms with van der Waals surface area (Å²) in [7, 11) is 0. The van der Waals surface area contributed by atoms with Gasteiger partial charge in [-0.05, 0) is 0 Å². The summed E-state index contributed by atoms with van der Waals surface area (Å²) in [6, 6.07) is 0. The van der Waals surface area contributed by atoms with Crippen molar-refractivity contribution in [2.45, 2.75) is 82.0 Å². The van der Waals surface area contributed by atoms with Crippen molar-refractivity contribution in [1.82, 2.24) is 0 Å². The summed E-state index contributed by atoms with van der Waals surface area (Å²) < 4.78 is 19.8. The molecule has 20 heavy (non-hydrogen) atoms. The monoisotopic (exact) mass is 359 g/mol. The van der Waals surface area contributed by atoms with Crippen LogP contribution in [0.1, 0.15) is 46.5 Å². The molecule has 0 spiro atoms. The van der Waals surface area contributed by atoms with E-state index in [0.29, 0.717) is 0 Å². The van der Waals surface area contributed by atoms with Crippen LogP contribution in [-0.2, 0) is 12.8 Å². The molecule has 1 aliphatic rings. The molecular formula is C19H41Zr. The molecule has 0 unspecified atom stereocenters. The van der Waals surface area contributed by atoms with E-state index in [-0.39, 0.29) is 0 Å². The van der Waals surface area contributed by atoms with E-state index in [0.717, 1.165) is 0 Å². The maximum atomic E-state index is 2.78. The van der Waals surface area contributed by atoms with Gasteiger partial charge in [0.1, 0.15) is 0 Å². The van der Waals surface area contributed by atoms with E-state index in [9.17, 15) is 0 Å². The molecule has 0 bridgehead atoms. The molecule has 1 rings (SSSR count). The predicted molar refractivity (Wildman–Crippen MR) is 96.5 cm³/mol. The Kier molecular flexibility index (Phi) is 2.47. The van der Waals surface area contributed by atoms with Crippen LogP contribution in [0.3, 0.4) is 0 Å². The Morgan fingerprint density at radius 1 is 0.800 bits per heavy atom. The Bertz CT molecular complexity index is 524. The molecule has 0 aliphatic heterocycles. The Morgan fingerprint density at radius 2 is 1.20 bits per heavy atom. The first-order valence-electron chi connectivity index (χ1n) is 9.15. The summed E-state index contributed by atoms with van der Waals surface area (Å²) in [5, 5.41) is 0. The Morgan fingerprint density at radius 3 is 1.45 bits per heavy atom. The molecule has 0 nitrogen and oxygen atoms in total. The second kappa shape index (κ2) is 2.68. The van der Waals surface area contributed by atoms with E-state index < -0.39 is 12.8 Å². The van der Waals surface area contributed by atoms with E-state index in [1.54, 1.807) is 3.28 Å². The van der Waals surface area contributed by atoms with Crippen LogP contribution < -0.4 is 0 Å². The number of allylic oxidation sites excluding steroid dienone is 4. The average molecular weight is 361 g/mol. The zero-order valence-corrected chi connectivity index (χ0v) is 18.1. The van der Waals surface area contributed by atoms with E-state index >= 15 is 0 Å². The third-order valence-electron chi connectivity index (χ3n) is 8.99. The molecule has 0 aromatic rings. The summed E-state index contributed by atoms with van der Waals surface area (Å²) in [6.07, 6.45) is 12.2. The molecule has 0 atom stereocenters. The fraction of sp³-hybridized carbons (Fsp3) is 0.789. The molecule has 0 radical (unpaired) electrons. The van der Waals surface area contributed by atoms with Crippen molar-refractivity contribution in [3.8, 4) is 0 Å². The SMILES string of the molecule is CC[CH2][Zr]([CH3])([CH3])([CH3])([CH3])([CH3])([CH2]CC)([CH2]CC)[C]1=CC=CC1. The van der Waals surface area contributed by atoms with Gasteiger partial charge in [0.05, 0.1) is 0 Å². The van der Waals surface area contributed by atoms with E-state index in [2.05, 4.69) is 62.2 Å². The van der Waals surface area contributed by atoms with Crippen LogP contribution >= 0.6 is 0 Å². The van der Waals surface area contributed by atoms with Gasteiger partial charge in [-0.25, -0.2) is 0 Å². The molecule has 1 aliphatic carbocycles. The molecule has 0 fully saturated rings. The van der Waals surface area contributed by atoms with Crippen LogP contribution in [0.2, 0.25) is 35.5 Å². The minimum atomic E-state index is -4.81. The standard InChI is InChI=1S/C5H5.3C3H7.5CH3.Zr/c1-2-4-5-3-1;3*1-3-2;;;;;;/h1-3H,4H2;3*1,3H2,2H3;5*1H3;. The Hall–Kier alpha value is 0.363. The molecule has 0 aromatic heterocycles. The van der Waals surface area contributed by atoms with Crippen LogP contribution in [0.5, 0.6) is 0 Å². The summed E-state index contributed by atoms with van der Waals surface area (Å²) in [5.74, 6) is 0. The van der Waals surface area contributed by atoms with Gasteiger partial charge < -0.3 is 0 Å². The average Bonchev–Trinajstić information content (AvgIpc) is 2.70. The Labute approximate surface area is 116 Å².